The number of H-pyrrole nitrogens is 1. The van der Waals surface area contributed by atoms with E-state index in [4.69, 9.17) is 5.73 Å². The van der Waals surface area contributed by atoms with Crippen LogP contribution in [-0.2, 0) is 0 Å². The molecule has 3 N–H and O–H groups in total. The smallest absolute Gasteiger partial charge is 0.0456 e. The van der Waals surface area contributed by atoms with Crippen molar-refractivity contribution in [2.45, 2.75) is 12.8 Å². The van der Waals surface area contributed by atoms with Gasteiger partial charge in [-0.25, -0.2) is 0 Å². The lowest BCUT2D eigenvalue weighted by atomic mass is 10.0. The van der Waals surface area contributed by atoms with Gasteiger partial charge in [0.2, 0.25) is 0 Å². The van der Waals surface area contributed by atoms with Gasteiger partial charge < -0.3 is 10.7 Å². The molecule has 2 rings (SSSR count). The molecule has 0 aliphatic rings. The Hall–Kier alpha value is -1.28. The molecule has 2 nitrogen and oxygen atoms in total. The topological polar surface area (TPSA) is 41.8 Å². The molecule has 2 heteroatoms. The van der Waals surface area contributed by atoms with E-state index >= 15 is 0 Å². The lowest BCUT2D eigenvalue weighted by Crippen LogP contribution is -2.08. The van der Waals surface area contributed by atoms with Crippen molar-refractivity contribution in [3.63, 3.8) is 0 Å². The summed E-state index contributed by atoms with van der Waals surface area (Å²) >= 11 is 0. The summed E-state index contributed by atoms with van der Waals surface area (Å²) in [5, 5.41) is 1.29. The van der Waals surface area contributed by atoms with Gasteiger partial charge in [-0.2, -0.15) is 0 Å². The number of nitrogens with one attached hydrogen (secondary N) is 1. The molecule has 0 amide bonds. The standard InChI is InChI=1S/C11H14N2/c1-8(6-12)10-7-13-11-5-3-2-4-9(10)11/h2-5,7-8,13H,6,12H2,1H3/t8-/m1/s1. The third-order valence-corrected chi connectivity index (χ3v) is 2.51. The second kappa shape index (κ2) is 3.23. The summed E-state index contributed by atoms with van der Waals surface area (Å²) in [6.07, 6.45) is 2.06. The molecule has 68 valence electrons. The lowest BCUT2D eigenvalue weighted by molar-refractivity contribution is 0.780. The van der Waals surface area contributed by atoms with E-state index in [0.717, 1.165) is 0 Å². The van der Waals surface area contributed by atoms with E-state index in [2.05, 4.69) is 36.3 Å². The summed E-state index contributed by atoms with van der Waals surface area (Å²) in [4.78, 5) is 3.25. The van der Waals surface area contributed by atoms with Gasteiger partial charge in [0.25, 0.3) is 0 Å². The molecule has 0 spiro atoms. The SMILES string of the molecule is C[C@H](CN)c1c[nH]c2ccccc12. The molecular weight excluding hydrogens is 160 g/mol. The average Bonchev–Trinajstić information content (AvgIpc) is 2.60. The number of hydrogen-bond acceptors (Lipinski definition) is 1. The maximum atomic E-state index is 5.64. The van der Waals surface area contributed by atoms with Crippen LogP contribution in [0.1, 0.15) is 18.4 Å². The van der Waals surface area contributed by atoms with Crippen molar-refractivity contribution >= 4 is 10.9 Å². The van der Waals surface area contributed by atoms with Gasteiger partial charge in [-0.1, -0.05) is 25.1 Å². The fraction of sp³-hybridized carbons (Fsp3) is 0.273. The second-order valence-corrected chi connectivity index (χ2v) is 3.43. The molecule has 0 aliphatic carbocycles. The van der Waals surface area contributed by atoms with Gasteiger partial charge in [0, 0.05) is 17.1 Å². The number of nitrogens with two attached hydrogens (primary N) is 1. The molecular formula is C11H14N2. The summed E-state index contributed by atoms with van der Waals surface area (Å²) in [6.45, 7) is 2.84. The molecule has 1 aromatic heterocycles. The van der Waals surface area contributed by atoms with Crippen molar-refractivity contribution < 1.29 is 0 Å². The van der Waals surface area contributed by atoms with Crippen LogP contribution in [0.4, 0.5) is 0 Å². The van der Waals surface area contributed by atoms with Gasteiger partial charge in [0.05, 0.1) is 0 Å². The van der Waals surface area contributed by atoms with Crippen molar-refractivity contribution in [1.29, 1.82) is 0 Å². The van der Waals surface area contributed by atoms with Crippen LogP contribution in [-0.4, -0.2) is 11.5 Å². The molecule has 1 atom stereocenters. The van der Waals surface area contributed by atoms with Gasteiger partial charge in [0.1, 0.15) is 0 Å². The summed E-state index contributed by atoms with van der Waals surface area (Å²) in [5.41, 5.74) is 8.15. The van der Waals surface area contributed by atoms with Crippen LogP contribution < -0.4 is 5.73 Å². The summed E-state index contributed by atoms with van der Waals surface area (Å²) < 4.78 is 0. The first-order chi connectivity index (χ1) is 6.33. The van der Waals surface area contributed by atoms with E-state index in [1.807, 2.05) is 6.07 Å². The highest BCUT2D eigenvalue weighted by atomic mass is 14.7. The number of aromatic nitrogens is 1. The van der Waals surface area contributed by atoms with Crippen LogP contribution in [0.15, 0.2) is 30.5 Å². The maximum Gasteiger partial charge on any atom is 0.0456 e. The van der Waals surface area contributed by atoms with Crippen molar-refractivity contribution in [3.05, 3.63) is 36.0 Å². The fourth-order valence-electron chi connectivity index (χ4n) is 1.63. The van der Waals surface area contributed by atoms with Gasteiger partial charge in [-0.3, -0.25) is 0 Å². The third-order valence-electron chi connectivity index (χ3n) is 2.51. The predicted molar refractivity (Wildman–Crippen MR) is 55.8 cm³/mol. The summed E-state index contributed by atoms with van der Waals surface area (Å²) in [7, 11) is 0. The van der Waals surface area contributed by atoms with Crippen LogP contribution in [0.3, 0.4) is 0 Å². The van der Waals surface area contributed by atoms with E-state index in [1.54, 1.807) is 0 Å². The Morgan fingerprint density at radius 3 is 2.92 bits per heavy atom. The zero-order chi connectivity index (χ0) is 9.26. The molecule has 0 unspecified atom stereocenters. The Morgan fingerprint density at radius 2 is 2.15 bits per heavy atom. The minimum absolute atomic E-state index is 0.427. The molecule has 0 bridgehead atoms. The van der Waals surface area contributed by atoms with Crippen LogP contribution in [0.25, 0.3) is 10.9 Å². The van der Waals surface area contributed by atoms with Crippen molar-refractivity contribution in [2.24, 2.45) is 5.73 Å². The van der Waals surface area contributed by atoms with Crippen molar-refractivity contribution in [1.82, 2.24) is 4.98 Å². The Labute approximate surface area is 77.8 Å². The Bertz CT molecular complexity index is 403. The quantitative estimate of drug-likeness (QED) is 0.720. The number of para-hydroxylation sites is 1. The van der Waals surface area contributed by atoms with Crippen LogP contribution >= 0.6 is 0 Å². The number of benzene rings is 1. The normalized spacial score (nSPS) is 13.4. The predicted octanol–water partition coefficient (Wildman–Crippen LogP) is 2.23. The number of aromatic amines is 1. The van der Waals surface area contributed by atoms with Gasteiger partial charge in [-0.05, 0) is 24.1 Å². The maximum absolute atomic E-state index is 5.64. The largest absolute Gasteiger partial charge is 0.361 e. The van der Waals surface area contributed by atoms with Gasteiger partial charge >= 0.3 is 0 Å². The van der Waals surface area contributed by atoms with Crippen molar-refractivity contribution in [3.8, 4) is 0 Å². The fourth-order valence-corrected chi connectivity index (χ4v) is 1.63. The number of fused-ring (bicyclic) bond motifs is 1. The van der Waals surface area contributed by atoms with Crippen molar-refractivity contribution in [2.75, 3.05) is 6.54 Å². The van der Waals surface area contributed by atoms with Gasteiger partial charge in [0.15, 0.2) is 0 Å². The lowest BCUT2D eigenvalue weighted by Gasteiger charge is -2.05. The third kappa shape index (κ3) is 1.33. The van der Waals surface area contributed by atoms with Gasteiger partial charge in [-0.15, -0.1) is 0 Å². The first kappa shape index (κ1) is 8.32. The van der Waals surface area contributed by atoms with E-state index in [-0.39, 0.29) is 0 Å². The number of rotatable bonds is 2. The minimum atomic E-state index is 0.427. The molecule has 0 radical (unpaired) electrons. The zero-order valence-corrected chi connectivity index (χ0v) is 7.75. The highest BCUT2D eigenvalue weighted by Crippen LogP contribution is 2.24. The molecule has 2 aromatic rings. The average molecular weight is 174 g/mol. The molecule has 0 saturated carbocycles. The van der Waals surface area contributed by atoms with E-state index < -0.39 is 0 Å². The Morgan fingerprint density at radius 1 is 1.38 bits per heavy atom. The first-order valence-corrected chi connectivity index (χ1v) is 4.59. The molecule has 13 heavy (non-hydrogen) atoms. The van der Waals surface area contributed by atoms with Crippen LogP contribution in [0.2, 0.25) is 0 Å². The molecule has 1 aromatic carbocycles. The summed E-state index contributed by atoms with van der Waals surface area (Å²) in [5.74, 6) is 0.427. The Balaban J connectivity index is 2.57. The second-order valence-electron chi connectivity index (χ2n) is 3.43. The highest BCUT2D eigenvalue weighted by Gasteiger charge is 2.08. The molecule has 0 fully saturated rings. The first-order valence-electron chi connectivity index (χ1n) is 4.59. The highest BCUT2D eigenvalue weighted by molar-refractivity contribution is 5.83. The summed E-state index contributed by atoms with van der Waals surface area (Å²) in [6, 6.07) is 8.31. The van der Waals surface area contributed by atoms with Crippen LogP contribution in [0.5, 0.6) is 0 Å². The minimum Gasteiger partial charge on any atom is -0.361 e. The zero-order valence-electron chi connectivity index (χ0n) is 7.75. The Kier molecular flexibility index (Phi) is 2.07. The van der Waals surface area contributed by atoms with Crippen LogP contribution in [0, 0.1) is 0 Å². The number of hydrogen-bond donors (Lipinski definition) is 2. The molecule has 1 heterocycles. The van der Waals surface area contributed by atoms with E-state index in [9.17, 15) is 0 Å². The monoisotopic (exact) mass is 174 g/mol. The van der Waals surface area contributed by atoms with E-state index in [1.165, 1.54) is 16.5 Å². The molecule has 0 saturated heterocycles. The van der Waals surface area contributed by atoms with E-state index in [0.29, 0.717) is 12.5 Å². The molecule has 0 aliphatic heterocycles.